The van der Waals surface area contributed by atoms with Gasteiger partial charge in [0.15, 0.2) is 0 Å². The Bertz CT molecular complexity index is 215. The number of likely N-dealkylation sites (tertiary alicyclic amines) is 1. The fraction of sp³-hybridized carbons (Fsp3) is 0.900. The standard InChI is InChI=1S/C10H21N3O/c1-10(2,9(14)12-11-3)8-5-6-13(4)7-8/h8,11H,5-7H2,1-4H3,(H,12,14). The van der Waals surface area contributed by atoms with E-state index in [0.29, 0.717) is 5.92 Å². The zero-order valence-electron chi connectivity index (χ0n) is 9.55. The molecule has 0 spiro atoms. The molecule has 1 atom stereocenters. The zero-order valence-corrected chi connectivity index (χ0v) is 9.55. The van der Waals surface area contributed by atoms with Crippen LogP contribution in [-0.4, -0.2) is 38.0 Å². The van der Waals surface area contributed by atoms with E-state index in [1.807, 2.05) is 13.8 Å². The maximum Gasteiger partial charge on any atom is 0.240 e. The molecule has 0 saturated carbocycles. The number of carbonyl (C=O) groups is 1. The summed E-state index contributed by atoms with van der Waals surface area (Å²) >= 11 is 0. The highest BCUT2D eigenvalue weighted by Crippen LogP contribution is 2.33. The van der Waals surface area contributed by atoms with Gasteiger partial charge in [0, 0.05) is 19.0 Å². The molecular formula is C10H21N3O. The maximum atomic E-state index is 11.8. The van der Waals surface area contributed by atoms with Crippen molar-refractivity contribution >= 4 is 5.91 Å². The molecule has 4 nitrogen and oxygen atoms in total. The zero-order chi connectivity index (χ0) is 10.8. The molecule has 1 unspecified atom stereocenters. The van der Waals surface area contributed by atoms with Gasteiger partial charge in [-0.2, -0.15) is 0 Å². The van der Waals surface area contributed by atoms with Gasteiger partial charge in [-0.25, -0.2) is 5.43 Å². The maximum absolute atomic E-state index is 11.8. The third-order valence-corrected chi connectivity index (χ3v) is 3.24. The predicted molar refractivity (Wildman–Crippen MR) is 56.6 cm³/mol. The minimum absolute atomic E-state index is 0.0836. The van der Waals surface area contributed by atoms with E-state index in [1.54, 1.807) is 7.05 Å². The summed E-state index contributed by atoms with van der Waals surface area (Å²) in [6, 6.07) is 0. The van der Waals surface area contributed by atoms with Crippen molar-refractivity contribution in [2.45, 2.75) is 20.3 Å². The van der Waals surface area contributed by atoms with Crippen LogP contribution in [-0.2, 0) is 4.79 Å². The van der Waals surface area contributed by atoms with Crippen LogP contribution < -0.4 is 10.9 Å². The first-order valence-corrected chi connectivity index (χ1v) is 5.14. The number of rotatable bonds is 3. The van der Waals surface area contributed by atoms with Gasteiger partial charge in [-0.3, -0.25) is 10.2 Å². The van der Waals surface area contributed by atoms with Crippen LogP contribution in [0.4, 0.5) is 0 Å². The molecule has 1 amide bonds. The molecule has 0 bridgehead atoms. The molecule has 4 heteroatoms. The van der Waals surface area contributed by atoms with Crippen LogP contribution in [0.5, 0.6) is 0 Å². The topological polar surface area (TPSA) is 44.4 Å². The van der Waals surface area contributed by atoms with Crippen molar-refractivity contribution in [2.24, 2.45) is 11.3 Å². The first kappa shape index (κ1) is 11.5. The molecule has 1 heterocycles. The normalized spacial score (nSPS) is 23.9. The van der Waals surface area contributed by atoms with E-state index in [-0.39, 0.29) is 11.3 Å². The van der Waals surface area contributed by atoms with Crippen molar-refractivity contribution in [3.05, 3.63) is 0 Å². The van der Waals surface area contributed by atoms with Gasteiger partial charge in [0.2, 0.25) is 5.91 Å². The summed E-state index contributed by atoms with van der Waals surface area (Å²) in [6.07, 6.45) is 1.11. The number of nitrogens with one attached hydrogen (secondary N) is 2. The lowest BCUT2D eigenvalue weighted by Gasteiger charge is -2.29. The molecular weight excluding hydrogens is 178 g/mol. The summed E-state index contributed by atoms with van der Waals surface area (Å²) in [4.78, 5) is 14.0. The van der Waals surface area contributed by atoms with Gasteiger partial charge in [0.1, 0.15) is 0 Å². The van der Waals surface area contributed by atoms with Crippen molar-refractivity contribution in [3.63, 3.8) is 0 Å². The van der Waals surface area contributed by atoms with Crippen molar-refractivity contribution in [3.8, 4) is 0 Å². The molecule has 0 aromatic carbocycles. The van der Waals surface area contributed by atoms with Crippen LogP contribution in [0.2, 0.25) is 0 Å². The fourth-order valence-electron chi connectivity index (χ4n) is 1.98. The number of carbonyl (C=O) groups excluding carboxylic acids is 1. The highest BCUT2D eigenvalue weighted by Gasteiger charge is 2.39. The Morgan fingerprint density at radius 2 is 2.14 bits per heavy atom. The third-order valence-electron chi connectivity index (χ3n) is 3.24. The van der Waals surface area contributed by atoms with E-state index in [2.05, 4.69) is 22.8 Å². The summed E-state index contributed by atoms with van der Waals surface area (Å²) in [5.41, 5.74) is 5.08. The highest BCUT2D eigenvalue weighted by atomic mass is 16.2. The van der Waals surface area contributed by atoms with Gasteiger partial charge < -0.3 is 4.90 Å². The summed E-state index contributed by atoms with van der Waals surface area (Å²) in [5.74, 6) is 0.543. The number of amides is 1. The molecule has 0 aliphatic carbocycles. The average Bonchev–Trinajstić information content (AvgIpc) is 2.52. The lowest BCUT2D eigenvalue weighted by molar-refractivity contribution is -0.132. The van der Waals surface area contributed by atoms with Crippen LogP contribution in [0.15, 0.2) is 0 Å². The van der Waals surface area contributed by atoms with E-state index >= 15 is 0 Å². The minimum Gasteiger partial charge on any atom is -0.306 e. The van der Waals surface area contributed by atoms with Crippen molar-refractivity contribution < 1.29 is 4.79 Å². The molecule has 1 rings (SSSR count). The van der Waals surface area contributed by atoms with Crippen LogP contribution in [0.3, 0.4) is 0 Å². The van der Waals surface area contributed by atoms with E-state index in [0.717, 1.165) is 19.5 Å². The first-order chi connectivity index (χ1) is 6.48. The lowest BCUT2D eigenvalue weighted by atomic mass is 9.77. The average molecular weight is 199 g/mol. The lowest BCUT2D eigenvalue weighted by Crippen LogP contribution is -2.47. The van der Waals surface area contributed by atoms with Gasteiger partial charge in [-0.15, -0.1) is 0 Å². The second-order valence-corrected chi connectivity index (χ2v) is 4.67. The van der Waals surface area contributed by atoms with E-state index in [4.69, 9.17) is 0 Å². The largest absolute Gasteiger partial charge is 0.306 e. The summed E-state index contributed by atoms with van der Waals surface area (Å²) in [6.45, 7) is 6.15. The van der Waals surface area contributed by atoms with E-state index in [9.17, 15) is 4.79 Å². The van der Waals surface area contributed by atoms with Crippen LogP contribution in [0.1, 0.15) is 20.3 Å². The van der Waals surface area contributed by atoms with Crippen molar-refractivity contribution in [2.75, 3.05) is 27.2 Å². The van der Waals surface area contributed by atoms with E-state index < -0.39 is 0 Å². The Morgan fingerprint density at radius 1 is 1.50 bits per heavy atom. The Labute approximate surface area is 86.0 Å². The molecule has 0 aromatic heterocycles. The molecule has 2 N–H and O–H groups in total. The number of hydrogen-bond donors (Lipinski definition) is 2. The van der Waals surface area contributed by atoms with Gasteiger partial charge in [0.05, 0.1) is 0 Å². The molecule has 1 aliphatic rings. The molecule has 1 aliphatic heterocycles. The van der Waals surface area contributed by atoms with Gasteiger partial charge >= 0.3 is 0 Å². The van der Waals surface area contributed by atoms with Gasteiger partial charge in [0.25, 0.3) is 0 Å². The van der Waals surface area contributed by atoms with Crippen LogP contribution >= 0.6 is 0 Å². The molecule has 0 radical (unpaired) electrons. The Morgan fingerprint density at radius 3 is 2.57 bits per heavy atom. The molecule has 0 aromatic rings. The fourth-order valence-corrected chi connectivity index (χ4v) is 1.98. The van der Waals surface area contributed by atoms with Gasteiger partial charge in [-0.1, -0.05) is 13.8 Å². The summed E-state index contributed by atoms with van der Waals surface area (Å²) in [7, 11) is 3.82. The SMILES string of the molecule is CNNC(=O)C(C)(C)C1CCN(C)C1. The predicted octanol–water partition coefficient (Wildman–Crippen LogP) is 0.215. The Hall–Kier alpha value is -0.610. The third kappa shape index (κ3) is 2.25. The molecule has 1 saturated heterocycles. The number of nitrogens with zero attached hydrogens (tertiary/aromatic N) is 1. The van der Waals surface area contributed by atoms with Gasteiger partial charge in [-0.05, 0) is 25.9 Å². The monoisotopic (exact) mass is 199 g/mol. The smallest absolute Gasteiger partial charge is 0.240 e. The Kier molecular flexibility index (Phi) is 3.50. The minimum atomic E-state index is -0.284. The quantitative estimate of drug-likeness (QED) is 0.639. The van der Waals surface area contributed by atoms with Crippen molar-refractivity contribution in [1.29, 1.82) is 0 Å². The van der Waals surface area contributed by atoms with Crippen LogP contribution in [0.25, 0.3) is 0 Å². The molecule has 82 valence electrons. The first-order valence-electron chi connectivity index (χ1n) is 5.14. The van der Waals surface area contributed by atoms with E-state index in [1.165, 1.54) is 0 Å². The molecule has 1 fully saturated rings. The highest BCUT2D eigenvalue weighted by molar-refractivity contribution is 5.81. The number of hydrazine groups is 1. The number of hydrogen-bond acceptors (Lipinski definition) is 3. The molecule has 14 heavy (non-hydrogen) atoms. The second-order valence-electron chi connectivity index (χ2n) is 4.67. The van der Waals surface area contributed by atoms with Crippen molar-refractivity contribution in [1.82, 2.24) is 15.8 Å². The van der Waals surface area contributed by atoms with Crippen LogP contribution in [0, 0.1) is 11.3 Å². The second kappa shape index (κ2) is 4.28. The Balaban J connectivity index is 2.59. The summed E-state index contributed by atoms with van der Waals surface area (Å²) in [5, 5.41) is 0. The summed E-state index contributed by atoms with van der Waals surface area (Å²) < 4.78 is 0.